The van der Waals surface area contributed by atoms with E-state index in [4.69, 9.17) is 9.47 Å². The SMILES string of the molecule is Cc1cccc(/C=N/Nc2cc(N3CCOCC3)cc(OCCc3cncs3)n2)c1. The molecule has 1 fully saturated rings. The van der Waals surface area contributed by atoms with E-state index in [0.717, 1.165) is 44.0 Å². The molecular formula is C22H25N5O2S. The Morgan fingerprint density at radius 2 is 2.17 bits per heavy atom. The molecule has 8 heteroatoms. The summed E-state index contributed by atoms with van der Waals surface area (Å²) in [5.74, 6) is 1.23. The van der Waals surface area contributed by atoms with Gasteiger partial charge in [-0.25, -0.2) is 0 Å². The van der Waals surface area contributed by atoms with Crippen LogP contribution in [0.4, 0.5) is 11.5 Å². The molecule has 7 nitrogen and oxygen atoms in total. The van der Waals surface area contributed by atoms with Gasteiger partial charge >= 0.3 is 0 Å². The van der Waals surface area contributed by atoms with Crippen molar-refractivity contribution < 1.29 is 9.47 Å². The molecule has 1 saturated heterocycles. The fraction of sp³-hybridized carbons (Fsp3) is 0.318. The number of hydrogen-bond acceptors (Lipinski definition) is 8. The van der Waals surface area contributed by atoms with Crippen molar-refractivity contribution in [3.8, 4) is 5.88 Å². The van der Waals surface area contributed by atoms with Crippen LogP contribution < -0.4 is 15.1 Å². The number of ether oxygens (including phenoxy) is 2. The predicted molar refractivity (Wildman–Crippen MR) is 121 cm³/mol. The number of nitrogens with one attached hydrogen (secondary N) is 1. The standard InChI is InChI=1S/C22H25N5O2S/c1-17-3-2-4-18(11-17)14-24-26-21-12-19(27-6-9-28-10-7-27)13-22(25-21)29-8-5-20-15-23-16-30-20/h2-4,11-16H,5-10H2,1H3,(H,25,26)/b24-14+. The molecule has 0 radical (unpaired) electrons. The molecule has 0 atom stereocenters. The summed E-state index contributed by atoms with van der Waals surface area (Å²) < 4.78 is 11.4. The Balaban J connectivity index is 1.47. The summed E-state index contributed by atoms with van der Waals surface area (Å²) in [5, 5.41) is 4.36. The molecule has 0 aliphatic carbocycles. The van der Waals surface area contributed by atoms with Gasteiger partial charge in [-0.3, -0.25) is 10.4 Å². The average molecular weight is 424 g/mol. The third-order valence-corrected chi connectivity index (χ3v) is 5.52. The molecule has 0 spiro atoms. The van der Waals surface area contributed by atoms with E-state index in [2.05, 4.69) is 44.5 Å². The summed E-state index contributed by atoms with van der Waals surface area (Å²) in [6, 6.07) is 12.2. The number of benzene rings is 1. The Labute approximate surface area is 180 Å². The maximum atomic E-state index is 5.95. The van der Waals surface area contributed by atoms with E-state index in [1.165, 1.54) is 10.4 Å². The Morgan fingerprint density at radius 3 is 2.97 bits per heavy atom. The summed E-state index contributed by atoms with van der Waals surface area (Å²) >= 11 is 1.63. The van der Waals surface area contributed by atoms with E-state index in [9.17, 15) is 0 Å². The summed E-state index contributed by atoms with van der Waals surface area (Å²) in [4.78, 5) is 12.2. The second kappa shape index (κ2) is 10.2. The largest absolute Gasteiger partial charge is 0.477 e. The van der Waals surface area contributed by atoms with Crippen LogP contribution in [0.5, 0.6) is 5.88 Å². The molecule has 0 saturated carbocycles. The molecule has 0 bridgehead atoms. The maximum absolute atomic E-state index is 5.95. The zero-order valence-electron chi connectivity index (χ0n) is 17.0. The van der Waals surface area contributed by atoms with E-state index in [0.29, 0.717) is 18.3 Å². The van der Waals surface area contributed by atoms with Gasteiger partial charge in [0.05, 0.1) is 31.5 Å². The van der Waals surface area contributed by atoms with Crippen LogP contribution in [0.15, 0.2) is 53.2 Å². The molecule has 156 valence electrons. The van der Waals surface area contributed by atoms with Gasteiger partial charge in [-0.05, 0) is 12.5 Å². The van der Waals surface area contributed by atoms with Gasteiger partial charge in [0, 0.05) is 48.4 Å². The number of rotatable bonds is 8. The highest BCUT2D eigenvalue weighted by atomic mass is 32.1. The first-order valence-corrected chi connectivity index (χ1v) is 10.8. The number of hydrogen-bond donors (Lipinski definition) is 1. The van der Waals surface area contributed by atoms with E-state index < -0.39 is 0 Å². The highest BCUT2D eigenvalue weighted by Gasteiger charge is 2.14. The number of aryl methyl sites for hydroxylation is 1. The van der Waals surface area contributed by atoms with Gasteiger partial charge in [-0.15, -0.1) is 11.3 Å². The topological polar surface area (TPSA) is 71.9 Å². The molecular weight excluding hydrogens is 398 g/mol. The van der Waals surface area contributed by atoms with Crippen LogP contribution in [-0.2, 0) is 11.2 Å². The van der Waals surface area contributed by atoms with Gasteiger partial charge in [0.2, 0.25) is 5.88 Å². The molecule has 4 rings (SSSR count). The highest BCUT2D eigenvalue weighted by Crippen LogP contribution is 2.25. The summed E-state index contributed by atoms with van der Waals surface area (Å²) in [6.45, 7) is 5.74. The fourth-order valence-electron chi connectivity index (χ4n) is 3.17. The zero-order valence-corrected chi connectivity index (χ0v) is 17.8. The molecule has 30 heavy (non-hydrogen) atoms. The second-order valence-corrected chi connectivity index (χ2v) is 7.97. The van der Waals surface area contributed by atoms with Crippen LogP contribution in [-0.4, -0.2) is 49.1 Å². The highest BCUT2D eigenvalue weighted by molar-refractivity contribution is 7.09. The normalized spacial score (nSPS) is 14.2. The molecule has 2 aromatic heterocycles. The van der Waals surface area contributed by atoms with Gasteiger partial charge < -0.3 is 14.4 Å². The smallest absolute Gasteiger partial charge is 0.217 e. The minimum absolute atomic E-state index is 0.549. The number of pyridine rings is 1. The van der Waals surface area contributed by atoms with E-state index in [-0.39, 0.29) is 0 Å². The molecule has 3 aromatic rings. The van der Waals surface area contributed by atoms with Crippen LogP contribution in [0.1, 0.15) is 16.0 Å². The van der Waals surface area contributed by atoms with Crippen molar-refractivity contribution in [2.45, 2.75) is 13.3 Å². The van der Waals surface area contributed by atoms with Crippen LogP contribution in [0.25, 0.3) is 0 Å². The predicted octanol–water partition coefficient (Wildman–Crippen LogP) is 3.75. The van der Waals surface area contributed by atoms with E-state index >= 15 is 0 Å². The first-order chi connectivity index (χ1) is 14.8. The van der Waals surface area contributed by atoms with Crippen molar-refractivity contribution in [3.05, 3.63) is 64.1 Å². The lowest BCUT2D eigenvalue weighted by Crippen LogP contribution is -2.36. The Bertz CT molecular complexity index is 971. The number of hydrazone groups is 1. The monoisotopic (exact) mass is 423 g/mol. The molecule has 3 heterocycles. The third kappa shape index (κ3) is 5.77. The van der Waals surface area contributed by atoms with Crippen LogP contribution in [0.3, 0.4) is 0 Å². The minimum atomic E-state index is 0.549. The number of nitrogens with zero attached hydrogens (tertiary/aromatic N) is 4. The average Bonchev–Trinajstić information content (AvgIpc) is 3.28. The lowest BCUT2D eigenvalue weighted by Gasteiger charge is -2.29. The number of anilines is 2. The first-order valence-electron chi connectivity index (χ1n) is 9.97. The molecule has 1 N–H and O–H groups in total. The van der Waals surface area contributed by atoms with Crippen molar-refractivity contribution in [3.63, 3.8) is 0 Å². The molecule has 0 unspecified atom stereocenters. The molecule has 1 aliphatic rings. The van der Waals surface area contributed by atoms with Gasteiger partial charge in [-0.2, -0.15) is 10.1 Å². The van der Waals surface area contributed by atoms with E-state index in [1.807, 2.05) is 36.0 Å². The third-order valence-electron chi connectivity index (χ3n) is 4.68. The summed E-state index contributed by atoms with van der Waals surface area (Å²) in [6.07, 6.45) is 4.47. The molecule has 1 aromatic carbocycles. The van der Waals surface area contributed by atoms with Crippen molar-refractivity contribution in [1.29, 1.82) is 0 Å². The van der Waals surface area contributed by atoms with Crippen molar-refractivity contribution >= 4 is 29.1 Å². The molecule has 1 aliphatic heterocycles. The minimum Gasteiger partial charge on any atom is -0.477 e. The van der Waals surface area contributed by atoms with Crippen LogP contribution in [0, 0.1) is 6.92 Å². The first kappa shape index (κ1) is 20.3. The van der Waals surface area contributed by atoms with Crippen molar-refractivity contribution in [2.75, 3.05) is 43.2 Å². The number of morpholine rings is 1. The van der Waals surface area contributed by atoms with E-state index in [1.54, 1.807) is 17.6 Å². The Kier molecular flexibility index (Phi) is 6.89. The Morgan fingerprint density at radius 1 is 1.27 bits per heavy atom. The van der Waals surface area contributed by atoms with Gasteiger partial charge in [0.15, 0.2) is 5.82 Å². The lowest BCUT2D eigenvalue weighted by molar-refractivity contribution is 0.122. The Hall–Kier alpha value is -2.97. The van der Waals surface area contributed by atoms with Gasteiger partial charge in [-0.1, -0.05) is 29.8 Å². The van der Waals surface area contributed by atoms with Gasteiger partial charge in [0.25, 0.3) is 0 Å². The maximum Gasteiger partial charge on any atom is 0.217 e. The van der Waals surface area contributed by atoms with Gasteiger partial charge in [0.1, 0.15) is 0 Å². The molecule has 0 amide bonds. The van der Waals surface area contributed by atoms with Crippen LogP contribution >= 0.6 is 11.3 Å². The quantitative estimate of drug-likeness (QED) is 0.439. The number of aromatic nitrogens is 2. The fourth-order valence-corrected chi connectivity index (χ4v) is 3.75. The van der Waals surface area contributed by atoms with Crippen LogP contribution in [0.2, 0.25) is 0 Å². The zero-order chi connectivity index (χ0) is 20.6. The second-order valence-electron chi connectivity index (χ2n) is 7.00. The van der Waals surface area contributed by atoms with Crippen molar-refractivity contribution in [2.24, 2.45) is 5.10 Å². The van der Waals surface area contributed by atoms with Crippen molar-refractivity contribution in [1.82, 2.24) is 9.97 Å². The summed E-state index contributed by atoms with van der Waals surface area (Å²) in [5.41, 5.74) is 8.17. The summed E-state index contributed by atoms with van der Waals surface area (Å²) in [7, 11) is 0. The number of thiazole rings is 1. The lowest BCUT2D eigenvalue weighted by atomic mass is 10.2.